The number of hydrogen-bond donors (Lipinski definition) is 0. The molecular weight excluding hydrogens is 306 g/mol. The first-order valence-corrected chi connectivity index (χ1v) is 7.29. The van der Waals surface area contributed by atoms with Crippen LogP contribution in [0, 0.1) is 0 Å². The number of aromatic nitrogens is 1. The molecule has 0 aliphatic rings. The van der Waals surface area contributed by atoms with Gasteiger partial charge in [0.25, 0.3) is 0 Å². The Morgan fingerprint density at radius 3 is 2.74 bits per heavy atom. The summed E-state index contributed by atoms with van der Waals surface area (Å²) in [7, 11) is 0. The quantitative estimate of drug-likeness (QED) is 0.755. The minimum atomic E-state index is 0.484. The lowest BCUT2D eigenvalue weighted by Gasteiger charge is -2.14. The molecule has 1 aromatic carbocycles. The molecule has 0 aliphatic carbocycles. The second kappa shape index (κ2) is 7.14. The van der Waals surface area contributed by atoms with E-state index in [2.05, 4.69) is 20.9 Å². The zero-order valence-corrected chi connectivity index (χ0v) is 12.4. The first-order chi connectivity index (χ1) is 9.35. The van der Waals surface area contributed by atoms with Crippen molar-refractivity contribution in [2.45, 2.75) is 18.9 Å². The number of hydrogen-bond acceptors (Lipinski definition) is 3. The number of alkyl halides is 1. The fraction of sp³-hybridized carbons (Fsp3) is 0.267. The summed E-state index contributed by atoms with van der Waals surface area (Å²) in [6.45, 7) is 3.07. The Labute approximate surface area is 121 Å². The molecule has 1 heterocycles. The monoisotopic (exact) mass is 321 g/mol. The Hall–Kier alpha value is -1.55. The molecule has 0 saturated heterocycles. The predicted molar refractivity (Wildman–Crippen MR) is 78.8 cm³/mol. The van der Waals surface area contributed by atoms with Gasteiger partial charge in [-0.15, -0.1) is 0 Å². The summed E-state index contributed by atoms with van der Waals surface area (Å²) in [6, 6.07) is 9.81. The minimum Gasteiger partial charge on any atom is -0.490 e. The summed E-state index contributed by atoms with van der Waals surface area (Å²) in [5.41, 5.74) is 2.11. The molecule has 0 N–H and O–H groups in total. The SMILES string of the molecule is CCOc1cccc(CBr)c1OCc1cccnc1. The van der Waals surface area contributed by atoms with E-state index in [1.165, 1.54) is 0 Å². The van der Waals surface area contributed by atoms with E-state index < -0.39 is 0 Å². The van der Waals surface area contributed by atoms with E-state index in [9.17, 15) is 0 Å². The Balaban J connectivity index is 2.17. The summed E-state index contributed by atoms with van der Waals surface area (Å²) < 4.78 is 11.5. The maximum atomic E-state index is 5.90. The summed E-state index contributed by atoms with van der Waals surface area (Å²) in [5, 5.41) is 0.732. The zero-order valence-electron chi connectivity index (χ0n) is 10.8. The number of ether oxygens (including phenoxy) is 2. The van der Waals surface area contributed by atoms with Crippen LogP contribution in [0.5, 0.6) is 11.5 Å². The molecule has 0 aliphatic heterocycles. The van der Waals surface area contributed by atoms with E-state index in [1.807, 2.05) is 37.3 Å². The predicted octanol–water partition coefficient (Wildman–Crippen LogP) is 3.95. The number of pyridine rings is 1. The van der Waals surface area contributed by atoms with Crippen LogP contribution in [0.1, 0.15) is 18.1 Å². The largest absolute Gasteiger partial charge is 0.490 e. The van der Waals surface area contributed by atoms with Crippen LogP contribution in [0.3, 0.4) is 0 Å². The smallest absolute Gasteiger partial charge is 0.165 e. The van der Waals surface area contributed by atoms with Crippen molar-refractivity contribution >= 4 is 15.9 Å². The van der Waals surface area contributed by atoms with Gasteiger partial charge >= 0.3 is 0 Å². The van der Waals surface area contributed by atoms with Gasteiger partial charge in [0.15, 0.2) is 11.5 Å². The highest BCUT2D eigenvalue weighted by Gasteiger charge is 2.10. The summed E-state index contributed by atoms with van der Waals surface area (Å²) in [4.78, 5) is 4.08. The van der Waals surface area contributed by atoms with Crippen molar-refractivity contribution in [3.05, 3.63) is 53.9 Å². The Bertz CT molecular complexity index is 517. The van der Waals surface area contributed by atoms with Gasteiger partial charge in [-0.1, -0.05) is 34.1 Å². The molecule has 0 spiro atoms. The normalized spacial score (nSPS) is 10.2. The van der Waals surface area contributed by atoms with Gasteiger partial charge in [-0.25, -0.2) is 0 Å². The van der Waals surface area contributed by atoms with Gasteiger partial charge < -0.3 is 9.47 Å². The molecule has 2 aromatic rings. The molecule has 4 heteroatoms. The number of para-hydroxylation sites is 1. The Kier molecular flexibility index (Phi) is 5.21. The highest BCUT2D eigenvalue weighted by atomic mass is 79.9. The van der Waals surface area contributed by atoms with Crippen LogP contribution >= 0.6 is 15.9 Å². The van der Waals surface area contributed by atoms with Crippen LogP contribution in [0.2, 0.25) is 0 Å². The zero-order chi connectivity index (χ0) is 13.5. The van der Waals surface area contributed by atoms with Crippen molar-refractivity contribution in [3.63, 3.8) is 0 Å². The van der Waals surface area contributed by atoms with Crippen LogP contribution in [0.4, 0.5) is 0 Å². The van der Waals surface area contributed by atoms with Crippen LogP contribution in [0.25, 0.3) is 0 Å². The van der Waals surface area contributed by atoms with Crippen molar-refractivity contribution in [1.82, 2.24) is 4.98 Å². The first kappa shape index (κ1) is 13.9. The highest BCUT2D eigenvalue weighted by Crippen LogP contribution is 2.33. The Morgan fingerprint density at radius 1 is 1.16 bits per heavy atom. The van der Waals surface area contributed by atoms with Gasteiger partial charge in [-0.05, 0) is 19.1 Å². The molecule has 0 saturated carbocycles. The van der Waals surface area contributed by atoms with Crippen molar-refractivity contribution in [2.24, 2.45) is 0 Å². The second-order valence-corrected chi connectivity index (χ2v) is 4.52. The van der Waals surface area contributed by atoms with E-state index >= 15 is 0 Å². The van der Waals surface area contributed by atoms with Crippen molar-refractivity contribution in [2.75, 3.05) is 6.61 Å². The fourth-order valence-corrected chi connectivity index (χ4v) is 2.18. The van der Waals surface area contributed by atoms with Crippen LogP contribution in [-0.4, -0.2) is 11.6 Å². The van der Waals surface area contributed by atoms with Crippen LogP contribution in [0.15, 0.2) is 42.7 Å². The van der Waals surface area contributed by atoms with Gasteiger partial charge in [-0.3, -0.25) is 4.98 Å². The third kappa shape index (κ3) is 3.70. The highest BCUT2D eigenvalue weighted by molar-refractivity contribution is 9.08. The summed E-state index contributed by atoms with van der Waals surface area (Å²) in [5.74, 6) is 1.58. The lowest BCUT2D eigenvalue weighted by atomic mass is 10.2. The first-order valence-electron chi connectivity index (χ1n) is 6.17. The maximum absolute atomic E-state index is 5.90. The van der Waals surface area contributed by atoms with Crippen molar-refractivity contribution in [1.29, 1.82) is 0 Å². The van der Waals surface area contributed by atoms with E-state index in [0.29, 0.717) is 13.2 Å². The molecule has 0 bridgehead atoms. The lowest BCUT2D eigenvalue weighted by Crippen LogP contribution is -2.02. The minimum absolute atomic E-state index is 0.484. The van der Waals surface area contributed by atoms with Gasteiger partial charge in [0.05, 0.1) is 6.61 Å². The van der Waals surface area contributed by atoms with Gasteiger partial charge in [0, 0.05) is 28.9 Å². The third-order valence-corrected chi connectivity index (χ3v) is 3.21. The van der Waals surface area contributed by atoms with Crippen molar-refractivity contribution in [3.8, 4) is 11.5 Å². The van der Waals surface area contributed by atoms with Gasteiger partial charge in [0.1, 0.15) is 6.61 Å². The molecule has 2 rings (SSSR count). The average Bonchev–Trinajstić information content (AvgIpc) is 2.47. The number of halogens is 1. The molecule has 0 amide bonds. The molecule has 3 nitrogen and oxygen atoms in total. The van der Waals surface area contributed by atoms with E-state index in [0.717, 1.165) is 28.0 Å². The van der Waals surface area contributed by atoms with Gasteiger partial charge in [0.2, 0.25) is 0 Å². The molecule has 100 valence electrons. The average molecular weight is 322 g/mol. The topological polar surface area (TPSA) is 31.4 Å². The second-order valence-electron chi connectivity index (χ2n) is 3.96. The maximum Gasteiger partial charge on any atom is 0.165 e. The molecular formula is C15H16BrNO2. The number of benzene rings is 1. The van der Waals surface area contributed by atoms with Crippen LogP contribution in [-0.2, 0) is 11.9 Å². The van der Waals surface area contributed by atoms with E-state index in [1.54, 1.807) is 12.4 Å². The van der Waals surface area contributed by atoms with E-state index in [4.69, 9.17) is 9.47 Å². The molecule has 0 atom stereocenters. The summed E-state index contributed by atoms with van der Waals surface area (Å²) in [6.07, 6.45) is 3.55. The molecule has 1 aromatic heterocycles. The van der Waals surface area contributed by atoms with Crippen molar-refractivity contribution < 1.29 is 9.47 Å². The molecule has 0 unspecified atom stereocenters. The standard InChI is InChI=1S/C15H16BrNO2/c1-2-18-14-7-3-6-13(9-16)15(14)19-11-12-5-4-8-17-10-12/h3-8,10H,2,9,11H2,1H3. The fourth-order valence-electron chi connectivity index (χ4n) is 1.74. The molecule has 19 heavy (non-hydrogen) atoms. The molecule has 0 radical (unpaired) electrons. The molecule has 0 fully saturated rings. The third-order valence-electron chi connectivity index (χ3n) is 2.61. The lowest BCUT2D eigenvalue weighted by molar-refractivity contribution is 0.267. The van der Waals surface area contributed by atoms with Gasteiger partial charge in [-0.2, -0.15) is 0 Å². The number of rotatable bonds is 6. The van der Waals surface area contributed by atoms with Crippen LogP contribution < -0.4 is 9.47 Å². The summed E-state index contributed by atoms with van der Waals surface area (Å²) >= 11 is 3.47. The number of nitrogens with zero attached hydrogens (tertiary/aromatic N) is 1. The van der Waals surface area contributed by atoms with E-state index in [-0.39, 0.29) is 0 Å². The Morgan fingerprint density at radius 2 is 2.05 bits per heavy atom.